The topological polar surface area (TPSA) is 69.0 Å². The zero-order valence-corrected chi connectivity index (χ0v) is 13.9. The molecular weight excluding hydrogens is 319 g/mol. The van der Waals surface area contributed by atoms with Crippen molar-refractivity contribution in [1.82, 2.24) is 20.1 Å². The standard InChI is InChI=1S/C15H19FN4O2S/c1-20-14(11-6-3-4-7-12(11)16)18-19-15(20)23-10-13(21)17-8-5-9-22-2/h3-4,6-7H,5,8-10H2,1-2H3,(H,17,21). The molecule has 0 saturated carbocycles. The lowest BCUT2D eigenvalue weighted by atomic mass is 10.2. The second-order valence-electron chi connectivity index (χ2n) is 4.83. The first-order valence-corrected chi connectivity index (χ1v) is 8.14. The minimum Gasteiger partial charge on any atom is -0.385 e. The third kappa shape index (κ3) is 4.77. The fraction of sp³-hybridized carbons (Fsp3) is 0.400. The van der Waals surface area contributed by atoms with Gasteiger partial charge in [0.2, 0.25) is 5.91 Å². The van der Waals surface area contributed by atoms with E-state index in [1.165, 1.54) is 17.8 Å². The number of hydrogen-bond acceptors (Lipinski definition) is 5. The van der Waals surface area contributed by atoms with E-state index in [-0.39, 0.29) is 17.5 Å². The molecule has 0 aliphatic rings. The SMILES string of the molecule is COCCCNC(=O)CSc1nnc(-c2ccccc2F)n1C. The van der Waals surface area contributed by atoms with Crippen LogP contribution in [0.3, 0.4) is 0 Å². The Hall–Kier alpha value is -1.93. The number of nitrogens with zero attached hydrogens (tertiary/aromatic N) is 3. The second kappa shape index (κ2) is 8.64. The van der Waals surface area contributed by atoms with E-state index in [1.54, 1.807) is 36.9 Å². The maximum atomic E-state index is 13.8. The van der Waals surface area contributed by atoms with Gasteiger partial charge in [-0.15, -0.1) is 10.2 Å². The van der Waals surface area contributed by atoms with Gasteiger partial charge in [0.1, 0.15) is 5.82 Å². The van der Waals surface area contributed by atoms with E-state index in [1.807, 2.05) is 0 Å². The summed E-state index contributed by atoms with van der Waals surface area (Å²) >= 11 is 1.26. The van der Waals surface area contributed by atoms with Gasteiger partial charge in [-0.1, -0.05) is 23.9 Å². The average Bonchev–Trinajstić information content (AvgIpc) is 2.91. The number of carbonyl (C=O) groups is 1. The predicted molar refractivity (Wildman–Crippen MR) is 86.6 cm³/mol. The fourth-order valence-electron chi connectivity index (χ4n) is 1.94. The molecule has 1 aromatic heterocycles. The zero-order chi connectivity index (χ0) is 16.7. The summed E-state index contributed by atoms with van der Waals surface area (Å²) in [6.07, 6.45) is 0.772. The number of amides is 1. The van der Waals surface area contributed by atoms with E-state index in [4.69, 9.17) is 4.74 Å². The molecule has 0 atom stereocenters. The van der Waals surface area contributed by atoms with Crippen molar-refractivity contribution in [2.24, 2.45) is 7.05 Å². The number of ether oxygens (including phenoxy) is 1. The summed E-state index contributed by atoms with van der Waals surface area (Å²) in [4.78, 5) is 11.7. The smallest absolute Gasteiger partial charge is 0.230 e. The van der Waals surface area contributed by atoms with Gasteiger partial charge in [-0.05, 0) is 18.6 Å². The third-order valence-electron chi connectivity index (χ3n) is 3.13. The van der Waals surface area contributed by atoms with Crippen LogP contribution in [0.1, 0.15) is 6.42 Å². The molecule has 124 valence electrons. The first-order valence-electron chi connectivity index (χ1n) is 7.16. The summed E-state index contributed by atoms with van der Waals surface area (Å²) in [6, 6.07) is 6.40. The molecule has 0 spiro atoms. The number of hydrogen-bond donors (Lipinski definition) is 1. The van der Waals surface area contributed by atoms with Crippen molar-refractivity contribution in [3.63, 3.8) is 0 Å². The first kappa shape index (κ1) is 17.4. The molecule has 2 rings (SSSR count). The predicted octanol–water partition coefficient (Wildman–Crippen LogP) is 1.87. The molecule has 1 heterocycles. The van der Waals surface area contributed by atoms with Crippen LogP contribution in [0, 0.1) is 5.82 Å². The Morgan fingerprint density at radius 1 is 1.39 bits per heavy atom. The number of thioether (sulfide) groups is 1. The van der Waals surface area contributed by atoms with Crippen molar-refractivity contribution in [3.05, 3.63) is 30.1 Å². The van der Waals surface area contributed by atoms with Gasteiger partial charge in [-0.2, -0.15) is 0 Å². The van der Waals surface area contributed by atoms with Gasteiger partial charge < -0.3 is 14.6 Å². The van der Waals surface area contributed by atoms with E-state index in [0.29, 0.717) is 29.7 Å². The number of benzene rings is 1. The number of halogens is 1. The van der Waals surface area contributed by atoms with Crippen LogP contribution in [0.25, 0.3) is 11.4 Å². The van der Waals surface area contributed by atoms with E-state index < -0.39 is 0 Å². The van der Waals surface area contributed by atoms with E-state index in [0.717, 1.165) is 6.42 Å². The minimum absolute atomic E-state index is 0.0819. The highest BCUT2D eigenvalue weighted by Gasteiger charge is 2.15. The molecule has 6 nitrogen and oxygen atoms in total. The van der Waals surface area contributed by atoms with Gasteiger partial charge in [0, 0.05) is 27.3 Å². The molecule has 0 unspecified atom stereocenters. The van der Waals surface area contributed by atoms with Crippen LogP contribution in [0.15, 0.2) is 29.4 Å². The van der Waals surface area contributed by atoms with Crippen molar-refractivity contribution in [2.75, 3.05) is 26.0 Å². The number of nitrogens with one attached hydrogen (secondary N) is 1. The summed E-state index contributed by atoms with van der Waals surface area (Å²) < 4.78 is 20.4. The Morgan fingerprint density at radius 3 is 2.91 bits per heavy atom. The van der Waals surface area contributed by atoms with Crippen LogP contribution >= 0.6 is 11.8 Å². The highest BCUT2D eigenvalue weighted by Crippen LogP contribution is 2.24. The maximum absolute atomic E-state index is 13.8. The van der Waals surface area contributed by atoms with Crippen molar-refractivity contribution in [1.29, 1.82) is 0 Å². The van der Waals surface area contributed by atoms with Crippen LogP contribution < -0.4 is 5.32 Å². The summed E-state index contributed by atoms with van der Waals surface area (Å²) in [7, 11) is 3.37. The molecule has 1 aromatic carbocycles. The molecule has 1 N–H and O–H groups in total. The van der Waals surface area contributed by atoms with Crippen LogP contribution in [-0.4, -0.2) is 46.7 Å². The van der Waals surface area contributed by atoms with Crippen LogP contribution in [0.4, 0.5) is 4.39 Å². The fourth-order valence-corrected chi connectivity index (χ4v) is 2.68. The molecule has 0 bridgehead atoms. The molecule has 0 saturated heterocycles. The lowest BCUT2D eigenvalue weighted by Gasteiger charge is -2.06. The normalized spacial score (nSPS) is 10.7. The number of carbonyl (C=O) groups excluding carboxylic acids is 1. The van der Waals surface area contributed by atoms with Crippen molar-refractivity contribution < 1.29 is 13.9 Å². The summed E-state index contributed by atoms with van der Waals surface area (Å²) in [5.74, 6) is 0.235. The lowest BCUT2D eigenvalue weighted by Crippen LogP contribution is -2.26. The second-order valence-corrected chi connectivity index (χ2v) is 5.77. The van der Waals surface area contributed by atoms with Crippen LogP contribution in [0.5, 0.6) is 0 Å². The average molecular weight is 338 g/mol. The maximum Gasteiger partial charge on any atom is 0.230 e. The Labute approximate surface area is 138 Å². The molecule has 0 fully saturated rings. The molecule has 23 heavy (non-hydrogen) atoms. The quantitative estimate of drug-likeness (QED) is 0.588. The van der Waals surface area contributed by atoms with Gasteiger partial charge in [-0.25, -0.2) is 4.39 Å². The Morgan fingerprint density at radius 2 is 2.17 bits per heavy atom. The third-order valence-corrected chi connectivity index (χ3v) is 4.15. The van der Waals surface area contributed by atoms with Gasteiger partial charge in [0.15, 0.2) is 11.0 Å². The Bertz CT molecular complexity index is 663. The Kier molecular flexibility index (Phi) is 6.54. The summed E-state index contributed by atoms with van der Waals surface area (Å²) in [5, 5.41) is 11.4. The molecule has 2 aromatic rings. The number of methoxy groups -OCH3 is 1. The van der Waals surface area contributed by atoms with Crippen molar-refractivity contribution >= 4 is 17.7 Å². The summed E-state index contributed by atoms with van der Waals surface area (Å²) in [5.41, 5.74) is 0.387. The first-order chi connectivity index (χ1) is 11.1. The van der Waals surface area contributed by atoms with Gasteiger partial charge in [0.25, 0.3) is 0 Å². The van der Waals surface area contributed by atoms with Gasteiger partial charge in [-0.3, -0.25) is 4.79 Å². The molecule has 0 radical (unpaired) electrons. The molecule has 0 aliphatic carbocycles. The highest BCUT2D eigenvalue weighted by atomic mass is 32.2. The van der Waals surface area contributed by atoms with Crippen molar-refractivity contribution in [3.8, 4) is 11.4 Å². The molecule has 8 heteroatoms. The van der Waals surface area contributed by atoms with Gasteiger partial charge >= 0.3 is 0 Å². The number of rotatable bonds is 8. The Balaban J connectivity index is 1.93. The molecular formula is C15H19FN4O2S. The van der Waals surface area contributed by atoms with Crippen LogP contribution in [0.2, 0.25) is 0 Å². The van der Waals surface area contributed by atoms with E-state index in [9.17, 15) is 9.18 Å². The zero-order valence-electron chi connectivity index (χ0n) is 13.1. The van der Waals surface area contributed by atoms with Crippen molar-refractivity contribution in [2.45, 2.75) is 11.6 Å². The van der Waals surface area contributed by atoms with E-state index >= 15 is 0 Å². The van der Waals surface area contributed by atoms with E-state index in [2.05, 4.69) is 15.5 Å². The minimum atomic E-state index is -0.351. The van der Waals surface area contributed by atoms with Gasteiger partial charge in [0.05, 0.1) is 11.3 Å². The number of aromatic nitrogens is 3. The summed E-state index contributed by atoms with van der Waals surface area (Å²) in [6.45, 7) is 1.19. The monoisotopic (exact) mass is 338 g/mol. The highest BCUT2D eigenvalue weighted by molar-refractivity contribution is 7.99. The molecule has 0 aliphatic heterocycles. The lowest BCUT2D eigenvalue weighted by molar-refractivity contribution is -0.118. The van der Waals surface area contributed by atoms with Crippen LogP contribution in [-0.2, 0) is 16.6 Å². The molecule has 1 amide bonds. The largest absolute Gasteiger partial charge is 0.385 e.